The Hall–Kier alpha value is -0.340. The van der Waals surface area contributed by atoms with E-state index in [4.69, 9.17) is 0 Å². The summed E-state index contributed by atoms with van der Waals surface area (Å²) in [6.45, 7) is 11.3. The first-order valence-electron chi connectivity index (χ1n) is 5.20. The zero-order chi connectivity index (χ0) is 10.8. The highest BCUT2D eigenvalue weighted by molar-refractivity contribution is 7.10. The Morgan fingerprint density at radius 1 is 1.29 bits per heavy atom. The molecule has 1 nitrogen and oxygen atoms in total. The largest absolute Gasteiger partial charge is 0.306 e. The number of thiophene rings is 1. The summed E-state index contributed by atoms with van der Waals surface area (Å²) in [5, 5.41) is 5.77. The summed E-state index contributed by atoms with van der Waals surface area (Å²) >= 11 is 1.82. The van der Waals surface area contributed by atoms with Gasteiger partial charge in [0.15, 0.2) is 0 Å². The van der Waals surface area contributed by atoms with Crippen LogP contribution in [0.4, 0.5) is 0 Å². The number of hydrogen-bond donors (Lipinski definition) is 1. The second-order valence-electron chi connectivity index (χ2n) is 4.99. The third-order valence-electron chi connectivity index (χ3n) is 2.77. The summed E-state index contributed by atoms with van der Waals surface area (Å²) in [7, 11) is 0. The maximum absolute atomic E-state index is 3.63. The lowest BCUT2D eigenvalue weighted by Crippen LogP contribution is -2.38. The smallest absolute Gasteiger partial charge is 0.0388 e. The van der Waals surface area contributed by atoms with Gasteiger partial charge < -0.3 is 5.32 Å². The van der Waals surface area contributed by atoms with Crippen molar-refractivity contribution in [3.05, 3.63) is 22.4 Å². The van der Waals surface area contributed by atoms with Crippen molar-refractivity contribution in [3.8, 4) is 0 Å². The molecule has 0 radical (unpaired) electrons. The van der Waals surface area contributed by atoms with Crippen LogP contribution in [0.5, 0.6) is 0 Å². The van der Waals surface area contributed by atoms with E-state index in [0.29, 0.717) is 17.5 Å². The fraction of sp³-hybridized carbons (Fsp3) is 0.667. The van der Waals surface area contributed by atoms with Crippen LogP contribution in [-0.4, -0.2) is 6.04 Å². The highest BCUT2D eigenvalue weighted by atomic mass is 32.1. The van der Waals surface area contributed by atoms with Crippen LogP contribution in [0.25, 0.3) is 0 Å². The minimum absolute atomic E-state index is 0.325. The van der Waals surface area contributed by atoms with E-state index in [-0.39, 0.29) is 0 Å². The standard InChI is InChI=1S/C12H21NS/c1-9(11-7-6-8-14-11)13-10(2)12(3,4)5/h6-10,13H,1-5H3. The second-order valence-corrected chi connectivity index (χ2v) is 5.97. The molecule has 80 valence electrons. The molecule has 1 heterocycles. The molecule has 0 spiro atoms. The lowest BCUT2D eigenvalue weighted by atomic mass is 9.87. The van der Waals surface area contributed by atoms with Crippen molar-refractivity contribution in [2.45, 2.75) is 46.7 Å². The number of nitrogens with one attached hydrogen (secondary N) is 1. The molecule has 0 aliphatic carbocycles. The zero-order valence-corrected chi connectivity index (χ0v) is 10.6. The van der Waals surface area contributed by atoms with Crippen LogP contribution in [0.1, 0.15) is 45.5 Å². The van der Waals surface area contributed by atoms with E-state index < -0.39 is 0 Å². The van der Waals surface area contributed by atoms with Crippen LogP contribution in [0.15, 0.2) is 17.5 Å². The van der Waals surface area contributed by atoms with Crippen molar-refractivity contribution in [3.63, 3.8) is 0 Å². The molecular formula is C12H21NS. The zero-order valence-electron chi connectivity index (χ0n) is 9.79. The Morgan fingerprint density at radius 3 is 2.36 bits per heavy atom. The monoisotopic (exact) mass is 211 g/mol. The van der Waals surface area contributed by atoms with Crippen molar-refractivity contribution >= 4 is 11.3 Å². The van der Waals surface area contributed by atoms with Gasteiger partial charge in [0.1, 0.15) is 0 Å². The molecule has 0 bridgehead atoms. The van der Waals surface area contributed by atoms with Crippen LogP contribution in [0, 0.1) is 5.41 Å². The lowest BCUT2D eigenvalue weighted by Gasteiger charge is -2.30. The minimum Gasteiger partial charge on any atom is -0.306 e. The van der Waals surface area contributed by atoms with Crippen molar-refractivity contribution in [2.75, 3.05) is 0 Å². The van der Waals surface area contributed by atoms with Crippen LogP contribution in [-0.2, 0) is 0 Å². The third-order valence-corrected chi connectivity index (χ3v) is 3.82. The van der Waals surface area contributed by atoms with Gasteiger partial charge in [0.2, 0.25) is 0 Å². The Balaban J connectivity index is 2.53. The maximum Gasteiger partial charge on any atom is 0.0388 e. The van der Waals surface area contributed by atoms with Gasteiger partial charge in [0, 0.05) is 17.0 Å². The summed E-state index contributed by atoms with van der Waals surface area (Å²) < 4.78 is 0. The molecule has 0 saturated carbocycles. The van der Waals surface area contributed by atoms with Crippen LogP contribution in [0.3, 0.4) is 0 Å². The molecule has 2 atom stereocenters. The van der Waals surface area contributed by atoms with Gasteiger partial charge in [-0.1, -0.05) is 26.8 Å². The van der Waals surface area contributed by atoms with Gasteiger partial charge in [0.05, 0.1) is 0 Å². The van der Waals surface area contributed by atoms with E-state index in [9.17, 15) is 0 Å². The molecule has 1 aromatic rings. The molecule has 0 saturated heterocycles. The average Bonchev–Trinajstić information content (AvgIpc) is 2.53. The SMILES string of the molecule is CC(NC(C)C(C)(C)C)c1cccs1. The Bertz CT molecular complexity index is 258. The first-order valence-corrected chi connectivity index (χ1v) is 6.08. The maximum atomic E-state index is 3.63. The Labute approximate surface area is 91.5 Å². The van der Waals surface area contributed by atoms with Gasteiger partial charge >= 0.3 is 0 Å². The number of hydrogen-bond acceptors (Lipinski definition) is 2. The molecule has 1 N–H and O–H groups in total. The molecule has 2 unspecified atom stereocenters. The van der Waals surface area contributed by atoms with Crippen molar-refractivity contribution in [2.24, 2.45) is 5.41 Å². The molecule has 0 fully saturated rings. The predicted molar refractivity (Wildman–Crippen MR) is 64.8 cm³/mol. The molecular weight excluding hydrogens is 190 g/mol. The first-order chi connectivity index (χ1) is 6.41. The van der Waals surface area contributed by atoms with E-state index in [1.807, 2.05) is 11.3 Å². The van der Waals surface area contributed by atoms with E-state index in [1.165, 1.54) is 4.88 Å². The quantitative estimate of drug-likeness (QED) is 0.801. The molecule has 2 heteroatoms. The summed E-state index contributed by atoms with van der Waals surface area (Å²) in [4.78, 5) is 1.42. The molecule has 0 aliphatic heterocycles. The summed E-state index contributed by atoms with van der Waals surface area (Å²) in [6.07, 6.45) is 0. The van der Waals surface area contributed by atoms with Crippen molar-refractivity contribution in [1.82, 2.24) is 5.32 Å². The van der Waals surface area contributed by atoms with Gasteiger partial charge in [-0.3, -0.25) is 0 Å². The van der Waals surface area contributed by atoms with Gasteiger partial charge in [-0.15, -0.1) is 11.3 Å². The minimum atomic E-state index is 0.325. The van der Waals surface area contributed by atoms with Gasteiger partial charge in [-0.2, -0.15) is 0 Å². The number of rotatable bonds is 3. The highest BCUT2D eigenvalue weighted by Gasteiger charge is 2.21. The normalized spacial score (nSPS) is 16.6. The highest BCUT2D eigenvalue weighted by Crippen LogP contribution is 2.24. The van der Waals surface area contributed by atoms with Crippen LogP contribution >= 0.6 is 11.3 Å². The van der Waals surface area contributed by atoms with E-state index in [2.05, 4.69) is 57.4 Å². The fourth-order valence-corrected chi connectivity index (χ4v) is 1.99. The first kappa shape index (κ1) is 11.7. The molecule has 1 rings (SSSR count). The molecule has 0 aromatic carbocycles. The third kappa shape index (κ3) is 3.10. The van der Waals surface area contributed by atoms with Crippen LogP contribution < -0.4 is 5.32 Å². The average molecular weight is 211 g/mol. The van der Waals surface area contributed by atoms with Gasteiger partial charge in [-0.25, -0.2) is 0 Å². The van der Waals surface area contributed by atoms with E-state index in [1.54, 1.807) is 0 Å². The molecule has 0 aliphatic rings. The summed E-state index contributed by atoms with van der Waals surface area (Å²) in [5.74, 6) is 0. The van der Waals surface area contributed by atoms with Crippen LogP contribution in [0.2, 0.25) is 0 Å². The molecule has 1 aromatic heterocycles. The topological polar surface area (TPSA) is 12.0 Å². The van der Waals surface area contributed by atoms with Crippen molar-refractivity contribution < 1.29 is 0 Å². The fourth-order valence-electron chi connectivity index (χ4n) is 1.24. The molecule has 0 amide bonds. The summed E-state index contributed by atoms with van der Waals surface area (Å²) in [5.41, 5.74) is 0.325. The van der Waals surface area contributed by atoms with E-state index >= 15 is 0 Å². The van der Waals surface area contributed by atoms with E-state index in [0.717, 1.165) is 0 Å². The Morgan fingerprint density at radius 2 is 1.93 bits per heavy atom. The van der Waals surface area contributed by atoms with Gasteiger partial charge in [-0.05, 0) is 30.7 Å². The Kier molecular flexibility index (Phi) is 3.73. The predicted octanol–water partition coefficient (Wildman–Crippen LogP) is 3.83. The van der Waals surface area contributed by atoms with Gasteiger partial charge in [0.25, 0.3) is 0 Å². The summed E-state index contributed by atoms with van der Waals surface area (Å²) in [6, 6.07) is 5.29. The molecule has 14 heavy (non-hydrogen) atoms. The lowest BCUT2D eigenvalue weighted by molar-refractivity contribution is 0.269. The second kappa shape index (κ2) is 4.45. The van der Waals surface area contributed by atoms with Crippen molar-refractivity contribution in [1.29, 1.82) is 0 Å².